The van der Waals surface area contributed by atoms with Gasteiger partial charge in [-0.2, -0.15) is 0 Å². The van der Waals surface area contributed by atoms with E-state index in [1.165, 1.54) is 24.3 Å². The Labute approximate surface area is 135 Å². The van der Waals surface area contributed by atoms with Crippen molar-refractivity contribution in [1.29, 1.82) is 0 Å². The third kappa shape index (κ3) is 3.40. The summed E-state index contributed by atoms with van der Waals surface area (Å²) in [6.07, 6.45) is 1.93. The average molecular weight is 334 g/mol. The van der Waals surface area contributed by atoms with E-state index in [0.29, 0.717) is 5.56 Å². The van der Waals surface area contributed by atoms with Crippen LogP contribution in [0.3, 0.4) is 0 Å². The highest BCUT2D eigenvalue weighted by atomic mass is 19.2. The van der Waals surface area contributed by atoms with Crippen LogP contribution < -0.4 is 10.6 Å². The van der Waals surface area contributed by atoms with Crippen molar-refractivity contribution in [2.75, 3.05) is 5.32 Å². The molecule has 124 valence electrons. The van der Waals surface area contributed by atoms with Gasteiger partial charge < -0.3 is 10.6 Å². The van der Waals surface area contributed by atoms with Crippen LogP contribution in [0.25, 0.3) is 0 Å². The second kappa shape index (κ2) is 6.35. The van der Waals surface area contributed by atoms with Gasteiger partial charge in [-0.25, -0.2) is 13.2 Å². The number of carbonyl (C=O) groups is 2. The molecule has 24 heavy (non-hydrogen) atoms. The lowest BCUT2D eigenvalue weighted by atomic mass is 10.1. The Morgan fingerprint density at radius 3 is 2.00 bits per heavy atom. The number of benzene rings is 2. The van der Waals surface area contributed by atoms with Crippen LogP contribution in [-0.4, -0.2) is 17.9 Å². The molecule has 7 heteroatoms. The summed E-state index contributed by atoms with van der Waals surface area (Å²) in [5, 5.41) is 4.98. The van der Waals surface area contributed by atoms with E-state index in [4.69, 9.17) is 0 Å². The van der Waals surface area contributed by atoms with Gasteiger partial charge in [0.1, 0.15) is 0 Å². The number of carbonyl (C=O) groups excluding carboxylic acids is 2. The average Bonchev–Trinajstić information content (AvgIpc) is 3.39. The van der Waals surface area contributed by atoms with Crippen molar-refractivity contribution < 1.29 is 22.8 Å². The van der Waals surface area contributed by atoms with E-state index in [0.717, 1.165) is 25.0 Å². The predicted octanol–water partition coefficient (Wildman–Crippen LogP) is 3.25. The highest BCUT2D eigenvalue weighted by Crippen LogP contribution is 2.21. The fourth-order valence-electron chi connectivity index (χ4n) is 2.09. The first kappa shape index (κ1) is 16.0. The second-order valence-corrected chi connectivity index (χ2v) is 5.50. The largest absolute Gasteiger partial charge is 0.349 e. The van der Waals surface area contributed by atoms with Crippen LogP contribution in [0, 0.1) is 17.5 Å². The molecular formula is C17H13F3N2O2. The molecule has 2 N–H and O–H groups in total. The van der Waals surface area contributed by atoms with Crippen LogP contribution >= 0.6 is 0 Å². The molecule has 0 heterocycles. The molecule has 0 aliphatic heterocycles. The van der Waals surface area contributed by atoms with Gasteiger partial charge in [0.05, 0.1) is 5.69 Å². The number of nitrogens with one attached hydrogen (secondary N) is 2. The van der Waals surface area contributed by atoms with Crippen LogP contribution in [0.15, 0.2) is 36.4 Å². The summed E-state index contributed by atoms with van der Waals surface area (Å²) in [7, 11) is 0. The van der Waals surface area contributed by atoms with E-state index < -0.39 is 29.0 Å². The number of rotatable bonds is 4. The van der Waals surface area contributed by atoms with Crippen molar-refractivity contribution in [3.8, 4) is 0 Å². The van der Waals surface area contributed by atoms with Crippen LogP contribution in [0.2, 0.25) is 0 Å². The molecule has 0 unspecified atom stereocenters. The smallest absolute Gasteiger partial charge is 0.255 e. The zero-order chi connectivity index (χ0) is 17.3. The molecule has 2 aromatic carbocycles. The van der Waals surface area contributed by atoms with Crippen molar-refractivity contribution in [2.45, 2.75) is 18.9 Å². The maximum atomic E-state index is 13.6. The Hall–Kier alpha value is -2.83. The molecule has 0 spiro atoms. The summed E-state index contributed by atoms with van der Waals surface area (Å²) in [6.45, 7) is 0. The Balaban J connectivity index is 1.71. The molecular weight excluding hydrogens is 321 g/mol. The number of hydrogen-bond acceptors (Lipinski definition) is 2. The first-order chi connectivity index (χ1) is 11.5. The van der Waals surface area contributed by atoms with Gasteiger partial charge in [-0.05, 0) is 49.2 Å². The van der Waals surface area contributed by atoms with Gasteiger partial charge in [-0.1, -0.05) is 0 Å². The van der Waals surface area contributed by atoms with Crippen molar-refractivity contribution in [3.63, 3.8) is 0 Å². The van der Waals surface area contributed by atoms with Crippen LogP contribution in [0.4, 0.5) is 18.9 Å². The molecule has 1 aliphatic carbocycles. The van der Waals surface area contributed by atoms with E-state index in [-0.39, 0.29) is 17.5 Å². The highest BCUT2D eigenvalue weighted by Gasteiger charge is 2.23. The van der Waals surface area contributed by atoms with Crippen molar-refractivity contribution in [1.82, 2.24) is 5.32 Å². The molecule has 0 bridgehead atoms. The normalized spacial score (nSPS) is 13.5. The first-order valence-corrected chi connectivity index (χ1v) is 7.31. The van der Waals surface area contributed by atoms with Crippen LogP contribution in [0.5, 0.6) is 0 Å². The molecule has 4 nitrogen and oxygen atoms in total. The molecule has 2 amide bonds. The minimum atomic E-state index is -1.65. The van der Waals surface area contributed by atoms with Gasteiger partial charge in [-0.3, -0.25) is 9.59 Å². The molecule has 0 radical (unpaired) electrons. The number of anilines is 1. The van der Waals surface area contributed by atoms with Gasteiger partial charge >= 0.3 is 0 Å². The van der Waals surface area contributed by atoms with Crippen molar-refractivity contribution in [2.24, 2.45) is 0 Å². The fourth-order valence-corrected chi connectivity index (χ4v) is 2.09. The maximum absolute atomic E-state index is 13.6. The van der Waals surface area contributed by atoms with Gasteiger partial charge in [0.25, 0.3) is 11.8 Å². The standard InChI is InChI=1S/C17H13F3N2O2/c18-12-7-8-13(15(20)14(12)19)22-17(24)10-3-1-9(2-4-10)16(23)21-11-5-6-11/h1-4,7-8,11H,5-6H2,(H,21,23)(H,22,24). The molecule has 2 aromatic rings. The summed E-state index contributed by atoms with van der Waals surface area (Å²) in [5.41, 5.74) is 0.0917. The number of hydrogen-bond donors (Lipinski definition) is 2. The Morgan fingerprint density at radius 2 is 1.42 bits per heavy atom. The molecule has 0 atom stereocenters. The first-order valence-electron chi connectivity index (χ1n) is 7.31. The molecule has 0 aromatic heterocycles. The minimum Gasteiger partial charge on any atom is -0.349 e. The van der Waals surface area contributed by atoms with E-state index >= 15 is 0 Å². The SMILES string of the molecule is O=C(Nc1ccc(F)c(F)c1F)c1ccc(C(=O)NC2CC2)cc1. The zero-order valence-electron chi connectivity index (χ0n) is 12.4. The Bertz CT molecular complexity index is 802. The number of amides is 2. The minimum absolute atomic E-state index is 0.155. The lowest BCUT2D eigenvalue weighted by Crippen LogP contribution is -2.25. The van der Waals surface area contributed by atoms with Crippen molar-refractivity contribution in [3.05, 3.63) is 65.0 Å². The van der Waals surface area contributed by atoms with E-state index in [1.807, 2.05) is 0 Å². The van der Waals surface area contributed by atoms with Gasteiger partial charge in [0.2, 0.25) is 0 Å². The fraction of sp³-hybridized carbons (Fsp3) is 0.176. The lowest BCUT2D eigenvalue weighted by molar-refractivity contribution is 0.0949. The third-order valence-electron chi connectivity index (χ3n) is 3.61. The lowest BCUT2D eigenvalue weighted by Gasteiger charge is -2.08. The molecule has 1 saturated carbocycles. The van der Waals surface area contributed by atoms with Crippen LogP contribution in [-0.2, 0) is 0 Å². The summed E-state index contributed by atoms with van der Waals surface area (Å²) < 4.78 is 39.6. The van der Waals surface area contributed by atoms with E-state index in [2.05, 4.69) is 10.6 Å². The van der Waals surface area contributed by atoms with Crippen LogP contribution in [0.1, 0.15) is 33.6 Å². The van der Waals surface area contributed by atoms with Crippen molar-refractivity contribution >= 4 is 17.5 Å². The summed E-state index contributed by atoms with van der Waals surface area (Å²) >= 11 is 0. The van der Waals surface area contributed by atoms with E-state index in [1.54, 1.807) is 0 Å². The summed E-state index contributed by atoms with van der Waals surface area (Å²) in [5.74, 6) is -5.38. The van der Waals surface area contributed by atoms with Gasteiger partial charge in [0.15, 0.2) is 17.5 Å². The van der Waals surface area contributed by atoms with E-state index in [9.17, 15) is 22.8 Å². The topological polar surface area (TPSA) is 58.2 Å². The summed E-state index contributed by atoms with van der Waals surface area (Å²) in [6, 6.07) is 7.60. The summed E-state index contributed by atoms with van der Waals surface area (Å²) in [4.78, 5) is 23.9. The predicted molar refractivity (Wildman–Crippen MR) is 81.2 cm³/mol. The van der Waals surface area contributed by atoms with Gasteiger partial charge in [0, 0.05) is 17.2 Å². The zero-order valence-corrected chi connectivity index (χ0v) is 12.4. The molecule has 3 rings (SSSR count). The number of halogens is 3. The molecule has 1 fully saturated rings. The molecule has 1 aliphatic rings. The second-order valence-electron chi connectivity index (χ2n) is 5.50. The highest BCUT2D eigenvalue weighted by molar-refractivity contribution is 6.05. The quantitative estimate of drug-likeness (QED) is 0.843. The maximum Gasteiger partial charge on any atom is 0.255 e. The monoisotopic (exact) mass is 334 g/mol. The molecule has 0 saturated heterocycles. The van der Waals surface area contributed by atoms with Gasteiger partial charge in [-0.15, -0.1) is 0 Å². The Morgan fingerprint density at radius 1 is 0.833 bits per heavy atom. The third-order valence-corrected chi connectivity index (χ3v) is 3.61. The Kier molecular flexibility index (Phi) is 4.24.